The second-order valence-electron chi connectivity index (χ2n) is 10.3. The number of fused-ring (bicyclic) bond motifs is 2. The quantitative estimate of drug-likeness (QED) is 0.581. The molecule has 1 aliphatic heterocycles. The van der Waals surface area contributed by atoms with Gasteiger partial charge in [0.2, 0.25) is 0 Å². The summed E-state index contributed by atoms with van der Waals surface area (Å²) in [6, 6.07) is 12.9. The first kappa shape index (κ1) is 20.6. The zero-order valence-corrected chi connectivity index (χ0v) is 19.4. The molecule has 2 heterocycles. The topological polar surface area (TPSA) is 58.1 Å². The van der Waals surface area contributed by atoms with Gasteiger partial charge in [0.15, 0.2) is 5.82 Å². The fourth-order valence-corrected chi connectivity index (χ4v) is 5.84. The molecule has 170 valence electrons. The summed E-state index contributed by atoms with van der Waals surface area (Å²) in [7, 11) is 0. The van der Waals surface area contributed by atoms with Crippen molar-refractivity contribution in [1.82, 2.24) is 15.5 Å². The van der Waals surface area contributed by atoms with Crippen LogP contribution in [0.1, 0.15) is 60.9 Å². The van der Waals surface area contributed by atoms with Crippen LogP contribution in [0.2, 0.25) is 0 Å². The molecule has 2 aromatic carbocycles. The standard InChI is InChI=1S/C28H32N4O/c1-18-6-7-21(28(33)30-24-9-10-24)15-26(18)20-8-11-25-23(14-20)16-29-31-27(25)32-13-12-19-4-2-3-5-22(19)17-32/h6-8,11,14-16,19,22,24H,2-5,9-10,12-13,17H2,1H3,(H,30,33)/t19-,22-/m0/s1. The van der Waals surface area contributed by atoms with E-state index in [2.05, 4.69) is 45.5 Å². The van der Waals surface area contributed by atoms with E-state index >= 15 is 0 Å². The molecule has 3 fully saturated rings. The van der Waals surface area contributed by atoms with E-state index in [1.54, 1.807) is 0 Å². The van der Waals surface area contributed by atoms with Crippen LogP contribution < -0.4 is 10.2 Å². The molecule has 1 amide bonds. The molecule has 0 radical (unpaired) electrons. The van der Waals surface area contributed by atoms with Crippen molar-refractivity contribution in [3.05, 3.63) is 53.7 Å². The van der Waals surface area contributed by atoms with Crippen molar-refractivity contribution in [3.63, 3.8) is 0 Å². The Labute approximate surface area is 195 Å². The van der Waals surface area contributed by atoms with E-state index in [0.29, 0.717) is 6.04 Å². The number of anilines is 1. The predicted molar refractivity (Wildman–Crippen MR) is 132 cm³/mol. The first-order chi connectivity index (χ1) is 16.2. The molecule has 3 aromatic rings. The summed E-state index contributed by atoms with van der Waals surface area (Å²) in [5.41, 5.74) is 4.11. The molecule has 1 aromatic heterocycles. The Morgan fingerprint density at radius 3 is 2.70 bits per heavy atom. The van der Waals surface area contributed by atoms with E-state index in [1.807, 2.05) is 24.4 Å². The summed E-state index contributed by atoms with van der Waals surface area (Å²) < 4.78 is 0. The molecule has 5 nitrogen and oxygen atoms in total. The second-order valence-corrected chi connectivity index (χ2v) is 10.3. The average Bonchev–Trinajstić information content (AvgIpc) is 3.67. The van der Waals surface area contributed by atoms with Crippen molar-refractivity contribution in [2.75, 3.05) is 18.0 Å². The molecule has 33 heavy (non-hydrogen) atoms. The van der Waals surface area contributed by atoms with Gasteiger partial charge in [-0.25, -0.2) is 0 Å². The minimum atomic E-state index is 0.0267. The van der Waals surface area contributed by atoms with Crippen LogP contribution >= 0.6 is 0 Å². The van der Waals surface area contributed by atoms with Crippen LogP contribution in [-0.2, 0) is 0 Å². The van der Waals surface area contributed by atoms with Gasteiger partial charge in [-0.1, -0.05) is 31.4 Å². The van der Waals surface area contributed by atoms with Crippen LogP contribution in [0.25, 0.3) is 21.9 Å². The average molecular weight is 441 g/mol. The second kappa shape index (κ2) is 8.44. The number of hydrogen-bond donors (Lipinski definition) is 1. The zero-order chi connectivity index (χ0) is 22.4. The molecule has 0 bridgehead atoms. The molecule has 2 aliphatic carbocycles. The molecule has 0 unspecified atom stereocenters. The molecular weight excluding hydrogens is 408 g/mol. The van der Waals surface area contributed by atoms with Crippen LogP contribution in [0.4, 0.5) is 5.82 Å². The van der Waals surface area contributed by atoms with Crippen molar-refractivity contribution in [1.29, 1.82) is 0 Å². The number of hydrogen-bond acceptors (Lipinski definition) is 4. The maximum Gasteiger partial charge on any atom is 0.251 e. The fourth-order valence-electron chi connectivity index (χ4n) is 5.84. The Balaban J connectivity index is 1.31. The van der Waals surface area contributed by atoms with Crippen molar-refractivity contribution in [2.24, 2.45) is 11.8 Å². The van der Waals surface area contributed by atoms with E-state index in [-0.39, 0.29) is 5.91 Å². The van der Waals surface area contributed by atoms with Crippen LogP contribution in [0.5, 0.6) is 0 Å². The summed E-state index contributed by atoms with van der Waals surface area (Å²) in [5, 5.41) is 14.3. The molecule has 1 saturated heterocycles. The number of aromatic nitrogens is 2. The molecule has 3 aliphatic rings. The lowest BCUT2D eigenvalue weighted by molar-refractivity contribution is 0.0951. The summed E-state index contributed by atoms with van der Waals surface area (Å²) in [5.74, 6) is 2.75. The van der Waals surface area contributed by atoms with Gasteiger partial charge in [-0.05, 0) is 85.4 Å². The van der Waals surface area contributed by atoms with Gasteiger partial charge in [-0.15, -0.1) is 5.10 Å². The number of benzene rings is 2. The van der Waals surface area contributed by atoms with Gasteiger partial charge in [0.1, 0.15) is 0 Å². The SMILES string of the molecule is Cc1ccc(C(=O)NC2CC2)cc1-c1ccc2c(N3CC[C@@H]4CCCC[C@H]4C3)nncc2c1. The molecule has 5 heteroatoms. The fraction of sp³-hybridized carbons (Fsp3) is 0.464. The molecule has 1 N–H and O–H groups in total. The Kier molecular flexibility index (Phi) is 5.28. The number of rotatable bonds is 4. The van der Waals surface area contributed by atoms with Crippen LogP contribution in [0.3, 0.4) is 0 Å². The summed E-state index contributed by atoms with van der Waals surface area (Å²) in [4.78, 5) is 15.1. The monoisotopic (exact) mass is 440 g/mol. The first-order valence-corrected chi connectivity index (χ1v) is 12.6. The lowest BCUT2D eigenvalue weighted by Crippen LogP contribution is -2.42. The predicted octanol–water partition coefficient (Wildman–Crippen LogP) is 5.51. The van der Waals surface area contributed by atoms with Gasteiger partial charge in [-0.2, -0.15) is 5.10 Å². The minimum absolute atomic E-state index is 0.0267. The Morgan fingerprint density at radius 2 is 1.85 bits per heavy atom. The summed E-state index contributed by atoms with van der Waals surface area (Å²) in [6.45, 7) is 4.29. The molecular formula is C28H32N4O. The third-order valence-electron chi connectivity index (χ3n) is 7.96. The third-order valence-corrected chi connectivity index (χ3v) is 7.96. The van der Waals surface area contributed by atoms with Gasteiger partial charge >= 0.3 is 0 Å². The highest BCUT2D eigenvalue weighted by Crippen LogP contribution is 2.39. The Bertz CT molecular complexity index is 1200. The van der Waals surface area contributed by atoms with Gasteiger partial charge in [-0.3, -0.25) is 4.79 Å². The van der Waals surface area contributed by atoms with Crippen LogP contribution in [0.15, 0.2) is 42.6 Å². The minimum Gasteiger partial charge on any atom is -0.354 e. The van der Waals surface area contributed by atoms with E-state index in [4.69, 9.17) is 0 Å². The van der Waals surface area contributed by atoms with E-state index in [9.17, 15) is 4.79 Å². The lowest BCUT2D eigenvalue weighted by Gasteiger charge is -2.41. The van der Waals surface area contributed by atoms with Gasteiger partial charge in [0.25, 0.3) is 5.91 Å². The van der Waals surface area contributed by atoms with Crippen molar-refractivity contribution in [3.8, 4) is 11.1 Å². The Hall–Kier alpha value is -2.95. The highest BCUT2D eigenvalue weighted by atomic mass is 16.1. The van der Waals surface area contributed by atoms with E-state index in [0.717, 1.165) is 65.7 Å². The molecule has 0 spiro atoms. The third kappa shape index (κ3) is 4.09. The molecule has 2 atom stereocenters. The van der Waals surface area contributed by atoms with Crippen LogP contribution in [-0.4, -0.2) is 35.2 Å². The number of carbonyl (C=O) groups is 1. The highest BCUT2D eigenvalue weighted by molar-refractivity contribution is 5.98. The number of piperidine rings is 1. The maximum absolute atomic E-state index is 12.6. The number of nitrogens with zero attached hydrogens (tertiary/aromatic N) is 3. The normalized spacial score (nSPS) is 22.8. The largest absolute Gasteiger partial charge is 0.354 e. The smallest absolute Gasteiger partial charge is 0.251 e. The number of carbonyl (C=O) groups excluding carboxylic acids is 1. The summed E-state index contributed by atoms with van der Waals surface area (Å²) >= 11 is 0. The first-order valence-electron chi connectivity index (χ1n) is 12.6. The van der Waals surface area contributed by atoms with E-state index < -0.39 is 0 Å². The summed E-state index contributed by atoms with van der Waals surface area (Å²) in [6.07, 6.45) is 10.9. The highest BCUT2D eigenvalue weighted by Gasteiger charge is 2.32. The van der Waals surface area contributed by atoms with Gasteiger partial charge in [0, 0.05) is 35.5 Å². The van der Waals surface area contributed by atoms with Crippen molar-refractivity contribution >= 4 is 22.5 Å². The van der Waals surface area contributed by atoms with Crippen LogP contribution in [0, 0.1) is 18.8 Å². The molecule has 6 rings (SSSR count). The number of nitrogens with one attached hydrogen (secondary N) is 1. The molecule has 2 saturated carbocycles. The lowest BCUT2D eigenvalue weighted by atomic mass is 9.75. The number of amides is 1. The number of aryl methyl sites for hydroxylation is 1. The Morgan fingerprint density at radius 1 is 1.00 bits per heavy atom. The zero-order valence-electron chi connectivity index (χ0n) is 19.4. The van der Waals surface area contributed by atoms with Gasteiger partial charge in [0.05, 0.1) is 6.20 Å². The van der Waals surface area contributed by atoms with Crippen molar-refractivity contribution < 1.29 is 4.79 Å². The maximum atomic E-state index is 12.6. The van der Waals surface area contributed by atoms with Crippen molar-refractivity contribution in [2.45, 2.75) is 57.9 Å². The van der Waals surface area contributed by atoms with E-state index in [1.165, 1.54) is 43.1 Å². The van der Waals surface area contributed by atoms with Gasteiger partial charge < -0.3 is 10.2 Å².